The van der Waals surface area contributed by atoms with Crippen LogP contribution in [-0.4, -0.2) is 35.1 Å². The summed E-state index contributed by atoms with van der Waals surface area (Å²) < 4.78 is 37.5. The van der Waals surface area contributed by atoms with Crippen LogP contribution in [-0.2, 0) is 14.8 Å². The van der Waals surface area contributed by atoms with E-state index in [0.29, 0.717) is 17.2 Å². The number of amides is 1. The highest BCUT2D eigenvalue weighted by atomic mass is 32.2. The van der Waals surface area contributed by atoms with E-state index in [9.17, 15) is 13.2 Å². The average molecular weight is 455 g/mol. The lowest BCUT2D eigenvalue weighted by molar-refractivity contribution is -0.123. The number of benzene rings is 3. The summed E-state index contributed by atoms with van der Waals surface area (Å²) in [6, 6.07) is 22.0. The first kappa shape index (κ1) is 23.1. The molecule has 0 bridgehead atoms. The maximum Gasteiger partial charge on any atom is 0.264 e. The SMILES string of the molecule is COc1ccccc1C(C)NC(=O)COc1ccc(N(C)S(=O)(=O)c2ccccc2)cc1. The number of anilines is 1. The Morgan fingerprint density at radius 2 is 1.59 bits per heavy atom. The van der Waals surface area contributed by atoms with Gasteiger partial charge in [-0.25, -0.2) is 8.42 Å². The molecule has 1 amide bonds. The molecule has 8 heteroatoms. The predicted molar refractivity (Wildman–Crippen MR) is 124 cm³/mol. The van der Waals surface area contributed by atoms with Crippen LogP contribution in [0.15, 0.2) is 83.8 Å². The van der Waals surface area contributed by atoms with Crippen molar-refractivity contribution in [2.45, 2.75) is 17.9 Å². The lowest BCUT2D eigenvalue weighted by Crippen LogP contribution is -2.31. The van der Waals surface area contributed by atoms with Crippen molar-refractivity contribution >= 4 is 21.6 Å². The zero-order chi connectivity index (χ0) is 23.1. The minimum Gasteiger partial charge on any atom is -0.496 e. The van der Waals surface area contributed by atoms with Crippen LogP contribution in [0.25, 0.3) is 0 Å². The van der Waals surface area contributed by atoms with Crippen molar-refractivity contribution in [1.82, 2.24) is 5.32 Å². The van der Waals surface area contributed by atoms with Gasteiger partial charge in [0.15, 0.2) is 6.61 Å². The summed E-state index contributed by atoms with van der Waals surface area (Å²) in [5.41, 5.74) is 1.35. The molecule has 0 radical (unpaired) electrons. The zero-order valence-corrected chi connectivity index (χ0v) is 19.0. The van der Waals surface area contributed by atoms with Gasteiger partial charge in [0, 0.05) is 12.6 Å². The number of nitrogens with zero attached hydrogens (tertiary/aromatic N) is 1. The fraction of sp³-hybridized carbons (Fsp3) is 0.208. The Hall–Kier alpha value is -3.52. The summed E-state index contributed by atoms with van der Waals surface area (Å²) >= 11 is 0. The molecule has 168 valence electrons. The first-order chi connectivity index (χ1) is 15.3. The van der Waals surface area contributed by atoms with Gasteiger partial charge in [0.25, 0.3) is 15.9 Å². The number of nitrogens with one attached hydrogen (secondary N) is 1. The van der Waals surface area contributed by atoms with E-state index in [-0.39, 0.29) is 23.5 Å². The first-order valence-corrected chi connectivity index (χ1v) is 11.5. The third-order valence-electron chi connectivity index (χ3n) is 4.95. The Morgan fingerprint density at radius 1 is 0.969 bits per heavy atom. The Morgan fingerprint density at radius 3 is 2.25 bits per heavy atom. The number of sulfonamides is 1. The number of hydrogen-bond donors (Lipinski definition) is 1. The molecule has 1 N–H and O–H groups in total. The van der Waals surface area contributed by atoms with Gasteiger partial charge >= 0.3 is 0 Å². The van der Waals surface area contributed by atoms with Gasteiger partial charge in [0.05, 0.1) is 23.7 Å². The third-order valence-corrected chi connectivity index (χ3v) is 6.75. The molecule has 1 atom stereocenters. The van der Waals surface area contributed by atoms with E-state index in [1.54, 1.807) is 61.7 Å². The largest absolute Gasteiger partial charge is 0.496 e. The van der Waals surface area contributed by atoms with Crippen LogP contribution in [0.1, 0.15) is 18.5 Å². The van der Waals surface area contributed by atoms with Gasteiger partial charge < -0.3 is 14.8 Å². The Kier molecular flexibility index (Phi) is 7.37. The van der Waals surface area contributed by atoms with Gasteiger partial charge in [-0.05, 0) is 49.4 Å². The number of methoxy groups -OCH3 is 1. The molecule has 0 heterocycles. The topological polar surface area (TPSA) is 84.9 Å². The standard InChI is InChI=1S/C24H26N2O5S/c1-18(22-11-7-8-12-23(22)30-3)25-24(27)17-31-20-15-13-19(14-16-20)26(2)32(28,29)21-9-5-4-6-10-21/h4-16,18H,17H2,1-3H3,(H,25,27). The minimum atomic E-state index is -3.66. The van der Waals surface area contributed by atoms with E-state index in [2.05, 4.69) is 5.32 Å². The van der Waals surface area contributed by atoms with E-state index in [4.69, 9.17) is 9.47 Å². The second kappa shape index (κ2) is 10.2. The van der Waals surface area contributed by atoms with Gasteiger partial charge in [0.2, 0.25) is 0 Å². The Balaban J connectivity index is 1.58. The van der Waals surface area contributed by atoms with Crippen LogP contribution < -0.4 is 19.1 Å². The van der Waals surface area contributed by atoms with Crippen molar-refractivity contribution in [2.24, 2.45) is 0 Å². The molecule has 0 aliphatic heterocycles. The fourth-order valence-corrected chi connectivity index (χ4v) is 4.39. The smallest absolute Gasteiger partial charge is 0.264 e. The first-order valence-electron chi connectivity index (χ1n) is 10.0. The van der Waals surface area contributed by atoms with Gasteiger partial charge in [-0.2, -0.15) is 0 Å². The molecule has 3 rings (SSSR count). The summed E-state index contributed by atoms with van der Waals surface area (Å²) in [6.45, 7) is 1.70. The van der Waals surface area contributed by atoms with Crippen LogP contribution >= 0.6 is 0 Å². The molecule has 0 saturated carbocycles. The monoisotopic (exact) mass is 454 g/mol. The quantitative estimate of drug-likeness (QED) is 0.532. The summed E-state index contributed by atoms with van der Waals surface area (Å²) in [5, 5.41) is 2.88. The van der Waals surface area contributed by atoms with Crippen LogP contribution in [0.3, 0.4) is 0 Å². The van der Waals surface area contributed by atoms with Crippen molar-refractivity contribution in [3.8, 4) is 11.5 Å². The molecule has 3 aromatic carbocycles. The number of carbonyl (C=O) groups excluding carboxylic acids is 1. The highest BCUT2D eigenvalue weighted by Gasteiger charge is 2.21. The molecule has 0 aromatic heterocycles. The second-order valence-corrected chi connectivity index (χ2v) is 9.07. The molecule has 0 aliphatic carbocycles. The van der Waals surface area contributed by atoms with Crippen molar-refractivity contribution < 1.29 is 22.7 Å². The molecular formula is C24H26N2O5S. The average Bonchev–Trinajstić information content (AvgIpc) is 2.83. The molecule has 1 unspecified atom stereocenters. The zero-order valence-electron chi connectivity index (χ0n) is 18.2. The van der Waals surface area contributed by atoms with Crippen LogP contribution in [0.5, 0.6) is 11.5 Å². The third kappa shape index (κ3) is 5.39. The van der Waals surface area contributed by atoms with Crippen LogP contribution in [0.4, 0.5) is 5.69 Å². The van der Waals surface area contributed by atoms with E-state index < -0.39 is 10.0 Å². The van der Waals surface area contributed by atoms with E-state index in [0.717, 1.165) is 5.56 Å². The predicted octanol–water partition coefficient (Wildman–Crippen LogP) is 3.78. The lowest BCUT2D eigenvalue weighted by Gasteiger charge is -2.20. The molecule has 0 spiro atoms. The number of para-hydroxylation sites is 1. The van der Waals surface area contributed by atoms with Gasteiger partial charge in [-0.1, -0.05) is 36.4 Å². The molecule has 7 nitrogen and oxygen atoms in total. The normalized spacial score (nSPS) is 12.0. The van der Waals surface area contributed by atoms with Crippen molar-refractivity contribution in [2.75, 3.05) is 25.1 Å². The van der Waals surface area contributed by atoms with Gasteiger partial charge in [-0.3, -0.25) is 9.10 Å². The highest BCUT2D eigenvalue weighted by Crippen LogP contribution is 2.25. The Labute approximate surface area is 188 Å². The van der Waals surface area contributed by atoms with E-state index >= 15 is 0 Å². The number of hydrogen-bond acceptors (Lipinski definition) is 5. The summed E-state index contributed by atoms with van der Waals surface area (Å²) in [7, 11) is -0.581. The lowest BCUT2D eigenvalue weighted by atomic mass is 10.1. The maximum absolute atomic E-state index is 12.7. The molecule has 32 heavy (non-hydrogen) atoms. The van der Waals surface area contributed by atoms with Crippen molar-refractivity contribution in [1.29, 1.82) is 0 Å². The maximum atomic E-state index is 12.7. The molecule has 0 fully saturated rings. The molecule has 0 aliphatic rings. The highest BCUT2D eigenvalue weighted by molar-refractivity contribution is 7.92. The number of ether oxygens (including phenoxy) is 2. The van der Waals surface area contributed by atoms with Gasteiger partial charge in [-0.15, -0.1) is 0 Å². The summed E-state index contributed by atoms with van der Waals surface area (Å²) in [4.78, 5) is 12.5. The Bertz CT molecular complexity index is 1150. The second-order valence-electron chi connectivity index (χ2n) is 7.10. The van der Waals surface area contributed by atoms with E-state index in [1.807, 2.05) is 31.2 Å². The molecule has 3 aromatic rings. The van der Waals surface area contributed by atoms with Crippen LogP contribution in [0, 0.1) is 0 Å². The fourth-order valence-electron chi connectivity index (χ4n) is 3.18. The van der Waals surface area contributed by atoms with Crippen molar-refractivity contribution in [3.05, 3.63) is 84.4 Å². The summed E-state index contributed by atoms with van der Waals surface area (Å²) in [6.07, 6.45) is 0. The van der Waals surface area contributed by atoms with E-state index in [1.165, 1.54) is 11.4 Å². The molecular weight excluding hydrogens is 428 g/mol. The minimum absolute atomic E-state index is 0.170. The number of rotatable bonds is 9. The summed E-state index contributed by atoms with van der Waals surface area (Å²) in [5.74, 6) is 0.877. The van der Waals surface area contributed by atoms with Gasteiger partial charge in [0.1, 0.15) is 11.5 Å². The van der Waals surface area contributed by atoms with Crippen molar-refractivity contribution in [3.63, 3.8) is 0 Å². The van der Waals surface area contributed by atoms with Crippen LogP contribution in [0.2, 0.25) is 0 Å². The number of carbonyl (C=O) groups is 1. The molecule has 0 saturated heterocycles.